The van der Waals surface area contributed by atoms with E-state index in [0.717, 1.165) is 16.3 Å². The Hall–Kier alpha value is -3.80. The van der Waals surface area contributed by atoms with Gasteiger partial charge < -0.3 is 24.3 Å². The van der Waals surface area contributed by atoms with Crippen LogP contribution in [0.5, 0.6) is 5.75 Å². The van der Waals surface area contributed by atoms with Crippen molar-refractivity contribution in [2.45, 2.75) is 25.3 Å². The van der Waals surface area contributed by atoms with Crippen LogP contribution < -0.4 is 19.9 Å². The van der Waals surface area contributed by atoms with Gasteiger partial charge in [-0.15, -0.1) is 0 Å². The van der Waals surface area contributed by atoms with E-state index in [1.54, 1.807) is 31.5 Å². The smallest absolute Gasteiger partial charge is 0.256 e. The van der Waals surface area contributed by atoms with Gasteiger partial charge >= 0.3 is 0 Å². The number of halogens is 2. The molecule has 5 rings (SSSR count). The van der Waals surface area contributed by atoms with Gasteiger partial charge in [0.05, 0.1) is 44.2 Å². The fraction of sp³-hybridized carbons (Fsp3) is 0.391. The Kier molecular flexibility index (Phi) is 5.75. The molecule has 10 nitrogen and oxygen atoms in total. The lowest BCUT2D eigenvalue weighted by Crippen LogP contribution is -2.63. The summed E-state index contributed by atoms with van der Waals surface area (Å²) in [6.45, 7) is 1.65. The minimum atomic E-state index is -2.70. The van der Waals surface area contributed by atoms with Crippen molar-refractivity contribution >= 4 is 29.0 Å². The van der Waals surface area contributed by atoms with Crippen LogP contribution in [0.25, 0.3) is 5.69 Å². The Morgan fingerprint density at radius 2 is 2.11 bits per heavy atom. The first-order valence-electron chi connectivity index (χ1n) is 11.1. The van der Waals surface area contributed by atoms with Gasteiger partial charge in [-0.3, -0.25) is 9.69 Å². The highest BCUT2D eigenvalue weighted by atomic mass is 19.3. The molecule has 2 aromatic heterocycles. The number of rotatable bonds is 6. The molecule has 0 aliphatic carbocycles. The molecule has 0 bridgehead atoms. The second-order valence-corrected chi connectivity index (χ2v) is 8.54. The van der Waals surface area contributed by atoms with Crippen molar-refractivity contribution in [1.29, 1.82) is 0 Å². The molecule has 1 spiro atoms. The van der Waals surface area contributed by atoms with E-state index >= 15 is 0 Å². The molecule has 0 saturated carbocycles. The molecule has 0 radical (unpaired) electrons. The summed E-state index contributed by atoms with van der Waals surface area (Å²) in [6.07, 6.45) is 2.68. The van der Waals surface area contributed by atoms with Crippen LogP contribution in [-0.4, -0.2) is 71.3 Å². The van der Waals surface area contributed by atoms with Crippen molar-refractivity contribution in [1.82, 2.24) is 19.5 Å². The van der Waals surface area contributed by atoms with Crippen molar-refractivity contribution in [2.24, 2.45) is 0 Å². The second-order valence-electron chi connectivity index (χ2n) is 8.54. The van der Waals surface area contributed by atoms with Crippen LogP contribution in [0.3, 0.4) is 0 Å². The van der Waals surface area contributed by atoms with Crippen molar-refractivity contribution < 1.29 is 23.0 Å². The fourth-order valence-electron chi connectivity index (χ4n) is 4.53. The Bertz CT molecular complexity index is 1260. The van der Waals surface area contributed by atoms with E-state index in [4.69, 9.17) is 9.47 Å². The number of likely N-dealkylation sites (N-methyl/N-ethyl adjacent to an activating group) is 1. The maximum atomic E-state index is 13.3. The molecular formula is C23H25F2N7O3. The molecule has 1 saturated heterocycles. The SMILES string of the molecule is COc1cc(Nc2ncc3c(n2)N(C)C2(CCOC2)C(=O)N3CC(F)F)ccc1-n1cnc(C)c1. The van der Waals surface area contributed by atoms with Crippen molar-refractivity contribution in [3.63, 3.8) is 0 Å². The molecule has 3 aromatic rings. The molecule has 2 aliphatic heterocycles. The zero-order chi connectivity index (χ0) is 24.7. The average molecular weight is 485 g/mol. The number of carbonyl (C=O) groups is 1. The molecule has 1 amide bonds. The maximum Gasteiger partial charge on any atom is 0.256 e. The molecule has 35 heavy (non-hydrogen) atoms. The van der Waals surface area contributed by atoms with Gasteiger partial charge in [0.25, 0.3) is 12.3 Å². The third-order valence-electron chi connectivity index (χ3n) is 6.39. The number of benzene rings is 1. The highest BCUT2D eigenvalue weighted by Crippen LogP contribution is 2.42. The van der Waals surface area contributed by atoms with E-state index in [9.17, 15) is 13.6 Å². The average Bonchev–Trinajstić information content (AvgIpc) is 3.51. The van der Waals surface area contributed by atoms with Gasteiger partial charge in [0.1, 0.15) is 17.0 Å². The number of nitrogens with zero attached hydrogens (tertiary/aromatic N) is 6. The summed E-state index contributed by atoms with van der Waals surface area (Å²) >= 11 is 0. The number of nitrogens with one attached hydrogen (secondary N) is 1. The first kappa shape index (κ1) is 23.0. The Morgan fingerprint density at radius 3 is 2.77 bits per heavy atom. The molecule has 184 valence electrons. The lowest BCUT2D eigenvalue weighted by molar-refractivity contribution is -0.124. The van der Waals surface area contributed by atoms with Gasteiger partial charge in [-0.25, -0.2) is 18.7 Å². The first-order chi connectivity index (χ1) is 16.8. The number of ether oxygens (including phenoxy) is 2. The first-order valence-corrected chi connectivity index (χ1v) is 11.1. The van der Waals surface area contributed by atoms with E-state index in [0.29, 0.717) is 30.3 Å². The fourth-order valence-corrected chi connectivity index (χ4v) is 4.53. The van der Waals surface area contributed by atoms with Gasteiger partial charge in [0.2, 0.25) is 5.95 Å². The Labute approximate surface area is 200 Å². The number of alkyl halides is 2. The quantitative estimate of drug-likeness (QED) is 0.569. The number of hydrogen-bond acceptors (Lipinski definition) is 8. The van der Waals surface area contributed by atoms with Crippen molar-refractivity contribution in [2.75, 3.05) is 49.0 Å². The highest BCUT2D eigenvalue weighted by Gasteiger charge is 2.53. The summed E-state index contributed by atoms with van der Waals surface area (Å²) in [4.78, 5) is 29.2. The molecule has 1 unspecified atom stereocenters. The van der Waals surface area contributed by atoms with Crippen molar-refractivity contribution in [3.8, 4) is 11.4 Å². The van der Waals surface area contributed by atoms with Gasteiger partial charge in [-0.05, 0) is 19.1 Å². The third kappa shape index (κ3) is 3.93. The molecule has 2 aliphatic rings. The van der Waals surface area contributed by atoms with Crippen LogP contribution in [0.2, 0.25) is 0 Å². The lowest BCUT2D eigenvalue weighted by atomic mass is 9.91. The number of aromatic nitrogens is 4. The van der Waals surface area contributed by atoms with Crippen LogP contribution in [0, 0.1) is 6.92 Å². The lowest BCUT2D eigenvalue weighted by Gasteiger charge is -2.45. The molecular weight excluding hydrogens is 460 g/mol. The number of amides is 1. The van der Waals surface area contributed by atoms with Crippen LogP contribution in [0.4, 0.5) is 31.9 Å². The van der Waals surface area contributed by atoms with Crippen LogP contribution in [0.1, 0.15) is 12.1 Å². The van der Waals surface area contributed by atoms with E-state index in [1.807, 2.05) is 29.8 Å². The van der Waals surface area contributed by atoms with E-state index in [1.165, 1.54) is 6.20 Å². The number of hydrogen-bond donors (Lipinski definition) is 1. The number of imidazole rings is 1. The third-order valence-corrected chi connectivity index (χ3v) is 6.39. The Morgan fingerprint density at radius 1 is 1.29 bits per heavy atom. The number of aryl methyl sites for hydroxylation is 1. The number of methoxy groups -OCH3 is 1. The molecule has 4 heterocycles. The number of fused-ring (bicyclic) bond motifs is 1. The molecule has 12 heteroatoms. The summed E-state index contributed by atoms with van der Waals surface area (Å²) < 4.78 is 39.6. The predicted octanol–water partition coefficient (Wildman–Crippen LogP) is 2.93. The minimum absolute atomic E-state index is 0.112. The molecule has 1 fully saturated rings. The maximum absolute atomic E-state index is 13.3. The van der Waals surface area contributed by atoms with Crippen LogP contribution >= 0.6 is 0 Å². The second kappa shape index (κ2) is 8.77. The van der Waals surface area contributed by atoms with Gasteiger partial charge in [0, 0.05) is 38.0 Å². The summed E-state index contributed by atoms with van der Waals surface area (Å²) in [5, 5.41) is 3.14. The number of anilines is 4. The molecule has 1 N–H and O–H groups in total. The van der Waals surface area contributed by atoms with Gasteiger partial charge in [-0.1, -0.05) is 0 Å². The van der Waals surface area contributed by atoms with E-state index in [-0.39, 0.29) is 18.2 Å². The van der Waals surface area contributed by atoms with Crippen LogP contribution in [-0.2, 0) is 9.53 Å². The Balaban J connectivity index is 1.48. The molecule has 1 aromatic carbocycles. The number of carbonyl (C=O) groups excluding carboxylic acids is 1. The summed E-state index contributed by atoms with van der Waals surface area (Å²) in [5.74, 6) is 0.818. The van der Waals surface area contributed by atoms with Crippen molar-refractivity contribution in [3.05, 3.63) is 42.6 Å². The summed E-state index contributed by atoms with van der Waals surface area (Å²) in [6, 6.07) is 5.52. The zero-order valence-corrected chi connectivity index (χ0v) is 19.5. The highest BCUT2D eigenvalue weighted by molar-refractivity contribution is 6.08. The normalized spacial score (nSPS) is 19.5. The molecule has 1 atom stereocenters. The monoisotopic (exact) mass is 485 g/mol. The summed E-state index contributed by atoms with van der Waals surface area (Å²) in [5.41, 5.74) is 1.53. The van der Waals surface area contributed by atoms with Gasteiger partial charge in [-0.2, -0.15) is 4.98 Å². The van der Waals surface area contributed by atoms with E-state index < -0.39 is 24.4 Å². The standard InChI is InChI=1S/C23H25F2N7O3/c1-14-10-31(13-27-14)16-5-4-15(8-18(16)34-3)28-22-26-9-17-20(29-22)30(2)23(6-7-35-12-23)21(33)32(17)11-19(24)25/h4-5,8-10,13,19H,6-7,11-12H2,1-3H3,(H,26,28,29). The van der Waals surface area contributed by atoms with Crippen LogP contribution in [0.15, 0.2) is 36.9 Å². The van der Waals surface area contributed by atoms with Gasteiger partial charge in [0.15, 0.2) is 5.82 Å². The topological polar surface area (TPSA) is 97.6 Å². The summed E-state index contributed by atoms with van der Waals surface area (Å²) in [7, 11) is 3.31. The predicted molar refractivity (Wildman–Crippen MR) is 125 cm³/mol. The minimum Gasteiger partial charge on any atom is -0.494 e. The zero-order valence-electron chi connectivity index (χ0n) is 19.5. The largest absolute Gasteiger partial charge is 0.494 e. The van der Waals surface area contributed by atoms with E-state index in [2.05, 4.69) is 20.3 Å².